The standard InChI is InChI=1S/C13H13F3O/c1-2-3-4-5-6-11-7-9-12(10-8-11)17-13(14,15)16/h7-10H,2-4H2,1H3. The van der Waals surface area contributed by atoms with Crippen LogP contribution in [0.5, 0.6) is 5.75 Å². The van der Waals surface area contributed by atoms with Crippen molar-refractivity contribution in [1.82, 2.24) is 0 Å². The first-order valence-electron chi connectivity index (χ1n) is 5.36. The number of rotatable bonds is 3. The topological polar surface area (TPSA) is 9.23 Å². The van der Waals surface area contributed by atoms with Crippen molar-refractivity contribution in [3.63, 3.8) is 0 Å². The molecule has 0 amide bonds. The first-order chi connectivity index (χ1) is 8.01. The lowest BCUT2D eigenvalue weighted by molar-refractivity contribution is -0.274. The van der Waals surface area contributed by atoms with Gasteiger partial charge in [-0.25, -0.2) is 0 Å². The average molecular weight is 242 g/mol. The molecule has 0 radical (unpaired) electrons. The molecule has 92 valence electrons. The molecule has 0 heterocycles. The molecular weight excluding hydrogens is 229 g/mol. The Morgan fingerprint density at radius 1 is 1.18 bits per heavy atom. The summed E-state index contributed by atoms with van der Waals surface area (Å²) in [5.74, 6) is 5.61. The molecule has 17 heavy (non-hydrogen) atoms. The molecule has 0 aliphatic carbocycles. The van der Waals surface area contributed by atoms with Crippen LogP contribution in [0, 0.1) is 11.8 Å². The molecule has 0 bridgehead atoms. The van der Waals surface area contributed by atoms with Gasteiger partial charge in [-0.3, -0.25) is 0 Å². The summed E-state index contributed by atoms with van der Waals surface area (Å²) in [6.07, 6.45) is -1.74. The minimum absolute atomic E-state index is 0.225. The fourth-order valence-electron chi connectivity index (χ4n) is 1.17. The Balaban J connectivity index is 2.58. The fraction of sp³-hybridized carbons (Fsp3) is 0.385. The van der Waals surface area contributed by atoms with Crippen molar-refractivity contribution in [1.29, 1.82) is 0 Å². The molecule has 0 saturated carbocycles. The second kappa shape index (κ2) is 6.19. The van der Waals surface area contributed by atoms with Gasteiger partial charge in [0.1, 0.15) is 5.75 Å². The second-order valence-electron chi connectivity index (χ2n) is 3.48. The summed E-state index contributed by atoms with van der Waals surface area (Å²) in [7, 11) is 0. The van der Waals surface area contributed by atoms with E-state index in [1.807, 2.05) is 0 Å². The number of halogens is 3. The average Bonchev–Trinajstić information content (AvgIpc) is 2.25. The van der Waals surface area contributed by atoms with Crippen LogP contribution in [0.15, 0.2) is 24.3 Å². The molecule has 1 aromatic carbocycles. The molecule has 0 atom stereocenters. The quantitative estimate of drug-likeness (QED) is 0.572. The molecule has 0 N–H and O–H groups in total. The van der Waals surface area contributed by atoms with E-state index in [2.05, 4.69) is 23.5 Å². The van der Waals surface area contributed by atoms with Gasteiger partial charge >= 0.3 is 6.36 Å². The number of hydrogen-bond donors (Lipinski definition) is 0. The van der Waals surface area contributed by atoms with Crippen LogP contribution >= 0.6 is 0 Å². The number of ether oxygens (including phenoxy) is 1. The van der Waals surface area contributed by atoms with Crippen LogP contribution in [0.2, 0.25) is 0 Å². The zero-order valence-corrected chi connectivity index (χ0v) is 9.47. The van der Waals surface area contributed by atoms with E-state index in [0.717, 1.165) is 19.3 Å². The van der Waals surface area contributed by atoms with Gasteiger partial charge in [-0.15, -0.1) is 13.2 Å². The number of hydrogen-bond acceptors (Lipinski definition) is 1. The van der Waals surface area contributed by atoms with Crippen molar-refractivity contribution < 1.29 is 17.9 Å². The van der Waals surface area contributed by atoms with Crippen molar-refractivity contribution in [3.8, 4) is 17.6 Å². The normalized spacial score (nSPS) is 10.6. The van der Waals surface area contributed by atoms with Gasteiger partial charge in [0.25, 0.3) is 0 Å². The van der Waals surface area contributed by atoms with Gasteiger partial charge in [0.05, 0.1) is 0 Å². The molecule has 4 heteroatoms. The Morgan fingerprint density at radius 3 is 2.35 bits per heavy atom. The maximum Gasteiger partial charge on any atom is 0.573 e. The van der Waals surface area contributed by atoms with Crippen LogP contribution in [-0.2, 0) is 0 Å². The molecule has 0 saturated heterocycles. The highest BCUT2D eigenvalue weighted by Crippen LogP contribution is 2.22. The minimum Gasteiger partial charge on any atom is -0.406 e. The van der Waals surface area contributed by atoms with Crippen LogP contribution < -0.4 is 4.74 Å². The van der Waals surface area contributed by atoms with Crippen LogP contribution in [0.25, 0.3) is 0 Å². The maximum absolute atomic E-state index is 11.9. The summed E-state index contributed by atoms with van der Waals surface area (Å²) in [6, 6.07) is 5.55. The fourth-order valence-corrected chi connectivity index (χ4v) is 1.17. The molecule has 0 spiro atoms. The zero-order chi connectivity index (χ0) is 12.7. The van der Waals surface area contributed by atoms with Gasteiger partial charge in [0, 0.05) is 12.0 Å². The predicted molar refractivity (Wildman–Crippen MR) is 59.5 cm³/mol. The van der Waals surface area contributed by atoms with Crippen molar-refractivity contribution in [2.75, 3.05) is 0 Å². The van der Waals surface area contributed by atoms with E-state index >= 15 is 0 Å². The molecule has 0 aromatic heterocycles. The monoisotopic (exact) mass is 242 g/mol. The minimum atomic E-state index is -4.64. The van der Waals surface area contributed by atoms with E-state index < -0.39 is 6.36 Å². The third-order valence-electron chi connectivity index (χ3n) is 1.98. The lowest BCUT2D eigenvalue weighted by Gasteiger charge is -2.07. The van der Waals surface area contributed by atoms with Gasteiger partial charge in [-0.2, -0.15) is 0 Å². The SMILES string of the molecule is CCCCC#Cc1ccc(OC(F)(F)F)cc1. The van der Waals surface area contributed by atoms with E-state index in [1.54, 1.807) is 0 Å². The summed E-state index contributed by atoms with van der Waals surface area (Å²) < 4.78 is 39.4. The molecule has 0 fully saturated rings. The highest BCUT2D eigenvalue weighted by atomic mass is 19.4. The molecule has 0 aliphatic rings. The van der Waals surface area contributed by atoms with Crippen LogP contribution in [0.1, 0.15) is 31.7 Å². The molecule has 1 aromatic rings. The third kappa shape index (κ3) is 5.86. The second-order valence-corrected chi connectivity index (χ2v) is 3.48. The Bertz CT molecular complexity index is 395. The summed E-state index contributed by atoms with van der Waals surface area (Å²) in [4.78, 5) is 0. The number of unbranched alkanes of at least 4 members (excludes halogenated alkanes) is 2. The van der Waals surface area contributed by atoms with Crippen molar-refractivity contribution in [2.45, 2.75) is 32.5 Å². The van der Waals surface area contributed by atoms with Gasteiger partial charge in [0.15, 0.2) is 0 Å². The van der Waals surface area contributed by atoms with Crippen LogP contribution in [0.3, 0.4) is 0 Å². The summed E-state index contributed by atoms with van der Waals surface area (Å²) in [6.45, 7) is 2.07. The van der Waals surface area contributed by atoms with Crippen molar-refractivity contribution in [2.24, 2.45) is 0 Å². The summed E-state index contributed by atoms with van der Waals surface area (Å²) >= 11 is 0. The first-order valence-corrected chi connectivity index (χ1v) is 5.36. The zero-order valence-electron chi connectivity index (χ0n) is 9.47. The Labute approximate surface area is 98.6 Å². The third-order valence-corrected chi connectivity index (χ3v) is 1.98. The van der Waals surface area contributed by atoms with Gasteiger partial charge in [-0.05, 0) is 30.7 Å². The molecule has 0 unspecified atom stereocenters. The van der Waals surface area contributed by atoms with E-state index in [1.165, 1.54) is 24.3 Å². The maximum atomic E-state index is 11.9. The number of alkyl halides is 3. The van der Waals surface area contributed by atoms with E-state index in [4.69, 9.17) is 0 Å². The Kier molecular flexibility index (Phi) is 4.89. The van der Waals surface area contributed by atoms with E-state index in [9.17, 15) is 13.2 Å². The summed E-state index contributed by atoms with van der Waals surface area (Å²) in [5.41, 5.74) is 0.690. The van der Waals surface area contributed by atoms with E-state index in [0.29, 0.717) is 5.56 Å². The Morgan fingerprint density at radius 2 is 1.82 bits per heavy atom. The van der Waals surface area contributed by atoms with Crippen molar-refractivity contribution in [3.05, 3.63) is 29.8 Å². The molecule has 1 nitrogen and oxygen atoms in total. The van der Waals surface area contributed by atoms with Crippen LogP contribution in [0.4, 0.5) is 13.2 Å². The van der Waals surface area contributed by atoms with Crippen molar-refractivity contribution >= 4 is 0 Å². The first kappa shape index (κ1) is 13.4. The highest BCUT2D eigenvalue weighted by Gasteiger charge is 2.30. The van der Waals surface area contributed by atoms with Gasteiger partial charge in [-0.1, -0.05) is 25.2 Å². The number of benzene rings is 1. The van der Waals surface area contributed by atoms with E-state index in [-0.39, 0.29) is 5.75 Å². The van der Waals surface area contributed by atoms with Gasteiger partial charge in [0.2, 0.25) is 0 Å². The van der Waals surface area contributed by atoms with Crippen LogP contribution in [-0.4, -0.2) is 6.36 Å². The molecule has 1 rings (SSSR count). The van der Waals surface area contributed by atoms with Gasteiger partial charge < -0.3 is 4.74 Å². The predicted octanol–water partition coefficient (Wildman–Crippen LogP) is 4.13. The Hall–Kier alpha value is -1.63. The molecular formula is C13H13F3O. The summed E-state index contributed by atoms with van der Waals surface area (Å²) in [5, 5.41) is 0. The molecule has 0 aliphatic heterocycles. The lowest BCUT2D eigenvalue weighted by Crippen LogP contribution is -2.16. The smallest absolute Gasteiger partial charge is 0.406 e. The lowest BCUT2D eigenvalue weighted by atomic mass is 10.2. The largest absolute Gasteiger partial charge is 0.573 e. The highest BCUT2D eigenvalue weighted by molar-refractivity contribution is 5.38.